The molecule has 0 unspecified atom stereocenters. The van der Waals surface area contributed by atoms with Crippen molar-refractivity contribution >= 4 is 45.8 Å². The van der Waals surface area contributed by atoms with Gasteiger partial charge in [0.15, 0.2) is 0 Å². The van der Waals surface area contributed by atoms with Gasteiger partial charge in [0.1, 0.15) is 0 Å². The van der Waals surface area contributed by atoms with Gasteiger partial charge in [-0.15, -0.1) is 0 Å². The van der Waals surface area contributed by atoms with E-state index in [9.17, 15) is 14.4 Å². The van der Waals surface area contributed by atoms with E-state index in [2.05, 4.69) is 16.2 Å². The molecule has 1 aliphatic rings. The van der Waals surface area contributed by atoms with Crippen LogP contribution in [-0.4, -0.2) is 17.7 Å². The van der Waals surface area contributed by atoms with Crippen LogP contribution in [0.2, 0.25) is 5.02 Å². The summed E-state index contributed by atoms with van der Waals surface area (Å²) < 4.78 is 0. The Labute approximate surface area is 172 Å². The van der Waals surface area contributed by atoms with E-state index in [1.54, 1.807) is 36.4 Å². The van der Waals surface area contributed by atoms with Gasteiger partial charge in [-0.25, -0.2) is 0 Å². The number of hydrazine groups is 1. The zero-order chi connectivity index (χ0) is 20.4. The van der Waals surface area contributed by atoms with E-state index in [0.717, 1.165) is 23.6 Å². The second-order valence-corrected chi connectivity index (χ2v) is 7.36. The van der Waals surface area contributed by atoms with E-state index in [0.29, 0.717) is 16.3 Å². The van der Waals surface area contributed by atoms with Crippen molar-refractivity contribution in [1.82, 2.24) is 10.9 Å². The summed E-state index contributed by atoms with van der Waals surface area (Å²) in [6.45, 7) is 0. The predicted octanol–water partition coefficient (Wildman–Crippen LogP) is 3.92. The zero-order valence-electron chi connectivity index (χ0n) is 15.4. The highest BCUT2D eigenvalue weighted by atomic mass is 35.5. The first kappa shape index (κ1) is 19.0. The largest absolute Gasteiger partial charge is 0.325 e. The highest BCUT2D eigenvalue weighted by Crippen LogP contribution is 2.31. The molecule has 0 atom stereocenters. The summed E-state index contributed by atoms with van der Waals surface area (Å²) in [7, 11) is 0. The Morgan fingerprint density at radius 2 is 1.45 bits per heavy atom. The molecule has 29 heavy (non-hydrogen) atoms. The van der Waals surface area contributed by atoms with Gasteiger partial charge < -0.3 is 5.32 Å². The number of anilines is 1. The van der Waals surface area contributed by atoms with Crippen LogP contribution in [0.15, 0.2) is 60.7 Å². The van der Waals surface area contributed by atoms with E-state index in [1.165, 1.54) is 0 Å². The third-order valence-corrected chi connectivity index (χ3v) is 4.98. The molecule has 146 valence electrons. The minimum atomic E-state index is -0.524. The minimum absolute atomic E-state index is 0.00184. The van der Waals surface area contributed by atoms with Crippen LogP contribution in [0.4, 0.5) is 5.69 Å². The molecule has 3 N–H and O–H groups in total. The summed E-state index contributed by atoms with van der Waals surface area (Å²) in [4.78, 5) is 37.2. The Bertz CT molecular complexity index is 1110. The average Bonchev–Trinajstić information content (AvgIpc) is 3.57. The number of hydrogen-bond acceptors (Lipinski definition) is 3. The standard InChI is InChI=1S/C22H18ClN3O3/c23-17-9-7-14(8-10-17)21(28)25-26-22(29)18-11-15-3-1-2-4-16(15)12-19(18)24-20(27)13-5-6-13/h1-4,7-13H,5-6H2,(H,24,27)(H,25,28)(H,26,29). The van der Waals surface area contributed by atoms with Crippen molar-refractivity contribution in [3.8, 4) is 0 Å². The monoisotopic (exact) mass is 407 g/mol. The molecule has 0 bridgehead atoms. The molecule has 0 aliphatic heterocycles. The highest BCUT2D eigenvalue weighted by molar-refractivity contribution is 6.30. The molecule has 6 nitrogen and oxygen atoms in total. The molecular formula is C22H18ClN3O3. The number of carbonyl (C=O) groups is 3. The number of carbonyl (C=O) groups excluding carboxylic acids is 3. The molecule has 4 rings (SSSR count). The number of rotatable bonds is 4. The van der Waals surface area contributed by atoms with Crippen molar-refractivity contribution in [1.29, 1.82) is 0 Å². The van der Waals surface area contributed by atoms with Crippen molar-refractivity contribution in [2.24, 2.45) is 5.92 Å². The van der Waals surface area contributed by atoms with Gasteiger partial charge >= 0.3 is 0 Å². The Kier molecular flexibility index (Phi) is 5.18. The lowest BCUT2D eigenvalue weighted by atomic mass is 10.0. The SMILES string of the molecule is O=C(NNC(=O)c1cc2ccccc2cc1NC(=O)C1CC1)c1ccc(Cl)cc1. The summed E-state index contributed by atoms with van der Waals surface area (Å²) in [5.41, 5.74) is 5.84. The van der Waals surface area contributed by atoms with E-state index in [4.69, 9.17) is 11.6 Å². The molecule has 1 fully saturated rings. The number of fused-ring (bicyclic) bond motifs is 1. The number of halogens is 1. The van der Waals surface area contributed by atoms with Crippen molar-refractivity contribution < 1.29 is 14.4 Å². The molecule has 0 spiro atoms. The molecule has 3 aromatic rings. The first-order valence-corrected chi connectivity index (χ1v) is 9.59. The Hall–Kier alpha value is -3.38. The van der Waals surface area contributed by atoms with Crippen molar-refractivity contribution in [3.05, 3.63) is 76.8 Å². The number of hydrogen-bond donors (Lipinski definition) is 3. The fraction of sp³-hybridized carbons (Fsp3) is 0.136. The van der Waals surface area contributed by atoms with Gasteiger partial charge in [0.2, 0.25) is 5.91 Å². The lowest BCUT2D eigenvalue weighted by Crippen LogP contribution is -2.42. The molecule has 0 aromatic heterocycles. The second-order valence-electron chi connectivity index (χ2n) is 6.92. The van der Waals surface area contributed by atoms with E-state index in [-0.39, 0.29) is 17.4 Å². The van der Waals surface area contributed by atoms with Gasteiger partial charge in [-0.1, -0.05) is 35.9 Å². The van der Waals surface area contributed by atoms with Crippen molar-refractivity contribution in [3.63, 3.8) is 0 Å². The Balaban J connectivity index is 1.55. The minimum Gasteiger partial charge on any atom is -0.325 e. The predicted molar refractivity (Wildman–Crippen MR) is 112 cm³/mol. The van der Waals surface area contributed by atoms with E-state index < -0.39 is 11.8 Å². The van der Waals surface area contributed by atoms with Crippen LogP contribution in [0.5, 0.6) is 0 Å². The van der Waals surface area contributed by atoms with Crippen LogP contribution in [0.25, 0.3) is 10.8 Å². The number of nitrogens with one attached hydrogen (secondary N) is 3. The van der Waals surface area contributed by atoms with E-state index in [1.807, 2.05) is 24.3 Å². The molecule has 3 amide bonds. The molecule has 1 saturated carbocycles. The fourth-order valence-electron chi connectivity index (χ4n) is 2.97. The maximum absolute atomic E-state index is 12.8. The van der Waals surface area contributed by atoms with Gasteiger partial charge in [-0.2, -0.15) is 0 Å². The lowest BCUT2D eigenvalue weighted by molar-refractivity contribution is -0.117. The summed E-state index contributed by atoms with van der Waals surface area (Å²) >= 11 is 5.82. The van der Waals surface area contributed by atoms with Crippen molar-refractivity contribution in [2.75, 3.05) is 5.32 Å². The highest BCUT2D eigenvalue weighted by Gasteiger charge is 2.30. The van der Waals surface area contributed by atoms with E-state index >= 15 is 0 Å². The Morgan fingerprint density at radius 3 is 2.10 bits per heavy atom. The molecule has 0 saturated heterocycles. The normalized spacial score (nSPS) is 13.0. The maximum Gasteiger partial charge on any atom is 0.271 e. The average molecular weight is 408 g/mol. The molecule has 7 heteroatoms. The quantitative estimate of drug-likeness (QED) is 0.573. The van der Waals surface area contributed by atoms with Crippen LogP contribution in [-0.2, 0) is 4.79 Å². The summed E-state index contributed by atoms with van der Waals surface area (Å²) in [5, 5.41) is 5.11. The zero-order valence-corrected chi connectivity index (χ0v) is 16.1. The topological polar surface area (TPSA) is 87.3 Å². The smallest absolute Gasteiger partial charge is 0.271 e. The first-order chi connectivity index (χ1) is 14.0. The summed E-state index contributed by atoms with van der Waals surface area (Å²) in [5.74, 6) is -1.09. The van der Waals surface area contributed by atoms with Gasteiger partial charge in [-0.3, -0.25) is 25.2 Å². The van der Waals surface area contributed by atoms with Gasteiger partial charge in [-0.05, 0) is 60.0 Å². The van der Waals surface area contributed by atoms with Gasteiger partial charge in [0.05, 0.1) is 11.3 Å². The summed E-state index contributed by atoms with van der Waals surface area (Å²) in [6, 6.07) is 17.3. The van der Waals surface area contributed by atoms with Gasteiger partial charge in [0, 0.05) is 16.5 Å². The molecule has 0 heterocycles. The summed E-state index contributed by atoms with van der Waals surface area (Å²) in [6.07, 6.45) is 1.72. The molecule has 0 radical (unpaired) electrons. The maximum atomic E-state index is 12.8. The molecule has 1 aliphatic carbocycles. The third kappa shape index (κ3) is 4.38. The van der Waals surface area contributed by atoms with Crippen LogP contribution in [0.1, 0.15) is 33.6 Å². The van der Waals surface area contributed by atoms with Crippen LogP contribution in [0, 0.1) is 5.92 Å². The third-order valence-electron chi connectivity index (χ3n) is 4.73. The Morgan fingerprint density at radius 1 is 0.828 bits per heavy atom. The van der Waals surface area contributed by atoms with Gasteiger partial charge in [0.25, 0.3) is 11.8 Å². The first-order valence-electron chi connectivity index (χ1n) is 9.21. The van der Waals surface area contributed by atoms with Crippen LogP contribution < -0.4 is 16.2 Å². The molecular weight excluding hydrogens is 390 g/mol. The lowest BCUT2D eigenvalue weighted by Gasteiger charge is -2.14. The van der Waals surface area contributed by atoms with Crippen LogP contribution in [0.3, 0.4) is 0 Å². The fourth-order valence-corrected chi connectivity index (χ4v) is 3.09. The van der Waals surface area contributed by atoms with Crippen molar-refractivity contribution in [2.45, 2.75) is 12.8 Å². The number of amides is 3. The number of benzene rings is 3. The second kappa shape index (κ2) is 7.93. The van der Waals surface area contributed by atoms with Crippen LogP contribution >= 0.6 is 11.6 Å². The molecule has 3 aromatic carbocycles.